The second kappa shape index (κ2) is 68.4. The first-order valence-corrected chi connectivity index (χ1v) is 35.8. The topological polar surface area (TPSA) is 78.9 Å². The molecule has 0 saturated carbocycles. The molecule has 0 bridgehead atoms. The van der Waals surface area contributed by atoms with Crippen LogP contribution in [0.5, 0.6) is 0 Å². The van der Waals surface area contributed by atoms with Gasteiger partial charge in [-0.1, -0.05) is 360 Å². The fraction of sp³-hybridized carbons (Fsp3) is 0.904. The maximum Gasteiger partial charge on any atom is 0.306 e. The Kier molecular flexibility index (Phi) is 66.6. The normalized spacial score (nSPS) is 12.1. The zero-order valence-corrected chi connectivity index (χ0v) is 53.7. The number of allylic oxidation sites excluding steroid dienone is 4. The average Bonchev–Trinajstić information content (AvgIpc) is 3.45. The van der Waals surface area contributed by atoms with Gasteiger partial charge in [0.2, 0.25) is 0 Å². The van der Waals surface area contributed by atoms with Gasteiger partial charge in [0.05, 0.1) is 0 Å². The molecule has 0 radical (unpaired) electrons. The minimum absolute atomic E-state index is 0.0663. The van der Waals surface area contributed by atoms with Crippen LogP contribution in [0.2, 0.25) is 0 Å². The molecule has 0 spiro atoms. The van der Waals surface area contributed by atoms with E-state index in [0.717, 1.165) is 70.6 Å². The molecule has 0 aliphatic carbocycles. The molecule has 0 aliphatic rings. The highest BCUT2D eigenvalue weighted by atomic mass is 16.6. The predicted octanol–water partition coefficient (Wildman–Crippen LogP) is 24.6. The fourth-order valence-electron chi connectivity index (χ4n) is 11.1. The molecule has 6 nitrogen and oxygen atoms in total. The maximum absolute atomic E-state index is 12.9. The smallest absolute Gasteiger partial charge is 0.306 e. The van der Waals surface area contributed by atoms with Crippen molar-refractivity contribution in [3.63, 3.8) is 0 Å². The van der Waals surface area contributed by atoms with Gasteiger partial charge < -0.3 is 14.2 Å². The Morgan fingerprint density at radius 2 is 0.456 bits per heavy atom. The molecule has 0 saturated heterocycles. The first-order valence-electron chi connectivity index (χ1n) is 35.8. The Morgan fingerprint density at radius 1 is 0.253 bits per heavy atom. The lowest BCUT2D eigenvalue weighted by molar-refractivity contribution is -0.167. The first kappa shape index (κ1) is 76.9. The molecule has 0 heterocycles. The largest absolute Gasteiger partial charge is 0.462 e. The molecule has 0 aliphatic heterocycles. The van der Waals surface area contributed by atoms with Crippen LogP contribution >= 0.6 is 0 Å². The van der Waals surface area contributed by atoms with E-state index in [1.165, 1.54) is 295 Å². The van der Waals surface area contributed by atoms with E-state index in [2.05, 4.69) is 45.1 Å². The van der Waals surface area contributed by atoms with Crippen molar-refractivity contribution in [1.82, 2.24) is 0 Å². The number of ether oxygens (including phenoxy) is 3. The minimum atomic E-state index is -0.766. The lowest BCUT2D eigenvalue weighted by atomic mass is 10.0. The van der Waals surface area contributed by atoms with E-state index in [9.17, 15) is 14.4 Å². The second-order valence-corrected chi connectivity index (χ2v) is 24.5. The summed E-state index contributed by atoms with van der Waals surface area (Å²) in [6.07, 6.45) is 84.2. The van der Waals surface area contributed by atoms with Gasteiger partial charge in [-0.05, 0) is 51.4 Å². The van der Waals surface area contributed by atoms with Crippen LogP contribution in [0.4, 0.5) is 0 Å². The van der Waals surface area contributed by atoms with Gasteiger partial charge in [-0.2, -0.15) is 0 Å². The second-order valence-electron chi connectivity index (χ2n) is 24.5. The van der Waals surface area contributed by atoms with Crippen molar-refractivity contribution in [2.45, 2.75) is 412 Å². The summed E-state index contributed by atoms with van der Waals surface area (Å²) in [5.74, 6) is -0.854. The van der Waals surface area contributed by atoms with Gasteiger partial charge in [-0.3, -0.25) is 14.4 Å². The third kappa shape index (κ3) is 66.6. The Labute approximate surface area is 493 Å². The quantitative estimate of drug-likeness (QED) is 0.0261. The maximum atomic E-state index is 12.9. The highest BCUT2D eigenvalue weighted by Crippen LogP contribution is 2.19. The van der Waals surface area contributed by atoms with E-state index in [1.807, 2.05) is 0 Å². The number of carbonyl (C=O) groups is 3. The van der Waals surface area contributed by atoms with Crippen LogP contribution in [-0.4, -0.2) is 37.2 Å². The zero-order chi connectivity index (χ0) is 57.1. The molecule has 0 rings (SSSR count). The summed E-state index contributed by atoms with van der Waals surface area (Å²) in [5.41, 5.74) is 0. The molecule has 0 N–H and O–H groups in total. The summed E-state index contributed by atoms with van der Waals surface area (Å²) in [6.45, 7) is 6.62. The Balaban J connectivity index is 3.90. The van der Waals surface area contributed by atoms with Gasteiger partial charge in [-0.15, -0.1) is 0 Å². The molecule has 1 unspecified atom stereocenters. The summed E-state index contributed by atoms with van der Waals surface area (Å²) in [4.78, 5) is 38.0. The Bertz CT molecular complexity index is 1270. The van der Waals surface area contributed by atoms with Crippen molar-refractivity contribution >= 4 is 17.9 Å². The number of unbranched alkanes of at least 4 members (excludes halogenated alkanes) is 52. The van der Waals surface area contributed by atoms with Crippen molar-refractivity contribution in [2.24, 2.45) is 0 Å². The fourth-order valence-corrected chi connectivity index (χ4v) is 11.1. The van der Waals surface area contributed by atoms with Crippen LogP contribution in [0.25, 0.3) is 0 Å². The van der Waals surface area contributed by atoms with E-state index in [0.29, 0.717) is 19.3 Å². The van der Waals surface area contributed by atoms with Crippen molar-refractivity contribution in [1.29, 1.82) is 0 Å². The summed E-state index contributed by atoms with van der Waals surface area (Å²) in [7, 11) is 0. The van der Waals surface area contributed by atoms with Gasteiger partial charge >= 0.3 is 17.9 Å². The predicted molar refractivity (Wildman–Crippen MR) is 344 cm³/mol. The number of hydrogen-bond acceptors (Lipinski definition) is 6. The van der Waals surface area contributed by atoms with Crippen molar-refractivity contribution in [2.75, 3.05) is 13.2 Å². The molecule has 0 fully saturated rings. The van der Waals surface area contributed by atoms with Gasteiger partial charge in [-0.25, -0.2) is 0 Å². The van der Waals surface area contributed by atoms with E-state index < -0.39 is 6.10 Å². The van der Waals surface area contributed by atoms with Gasteiger partial charge in [0.15, 0.2) is 6.10 Å². The Morgan fingerprint density at radius 3 is 0.696 bits per heavy atom. The average molecular weight is 1110 g/mol. The standard InChI is InChI=1S/C73H138O6/c1-4-7-10-13-15-17-19-21-23-25-27-29-31-33-34-35-36-37-38-40-41-43-45-47-49-51-53-55-57-60-63-66-72(75)78-69-70(68-77-71(74)65-62-59-12-9-6-3)79-73(76)67-64-61-58-56-54-52-50-48-46-44-42-39-32-30-28-26-24-22-20-18-16-14-11-8-5-2/h20,22,26,28,70H,4-19,21,23-25,27,29-69H2,1-3H3/b22-20-,28-26-. The number of hydrogen-bond donors (Lipinski definition) is 0. The van der Waals surface area contributed by atoms with Gasteiger partial charge in [0.25, 0.3) is 0 Å². The van der Waals surface area contributed by atoms with Crippen molar-refractivity contribution in [3.05, 3.63) is 24.3 Å². The van der Waals surface area contributed by atoms with E-state index in [1.54, 1.807) is 0 Å². The van der Waals surface area contributed by atoms with Crippen LogP contribution < -0.4 is 0 Å². The molecule has 6 heteroatoms. The SMILES string of the molecule is CCCCCCC/C=C\C/C=C\CCCCCCCCCCCCCCCC(=O)OC(COC(=O)CCCCCCC)COC(=O)CCCCCCCCCCCCCCCCCCCCCCCCCCCCCCCCC. The third-order valence-electron chi connectivity index (χ3n) is 16.5. The number of carbonyl (C=O) groups excluding carboxylic acids is 3. The molecular formula is C73H138O6. The minimum Gasteiger partial charge on any atom is -0.462 e. The summed E-state index contributed by atoms with van der Waals surface area (Å²) >= 11 is 0. The monoisotopic (exact) mass is 1110 g/mol. The van der Waals surface area contributed by atoms with Crippen LogP contribution in [0.1, 0.15) is 406 Å². The van der Waals surface area contributed by atoms with Crippen molar-refractivity contribution in [3.8, 4) is 0 Å². The highest BCUT2D eigenvalue weighted by Gasteiger charge is 2.19. The van der Waals surface area contributed by atoms with E-state index in [-0.39, 0.29) is 31.1 Å². The highest BCUT2D eigenvalue weighted by molar-refractivity contribution is 5.71. The van der Waals surface area contributed by atoms with Crippen LogP contribution in [0.3, 0.4) is 0 Å². The lowest BCUT2D eigenvalue weighted by Gasteiger charge is -2.18. The van der Waals surface area contributed by atoms with Gasteiger partial charge in [0, 0.05) is 19.3 Å². The molecular weight excluding hydrogens is 973 g/mol. The van der Waals surface area contributed by atoms with Crippen LogP contribution in [-0.2, 0) is 28.6 Å². The van der Waals surface area contributed by atoms with E-state index in [4.69, 9.17) is 14.2 Å². The molecule has 466 valence electrons. The lowest BCUT2D eigenvalue weighted by Crippen LogP contribution is -2.30. The molecule has 0 amide bonds. The van der Waals surface area contributed by atoms with Crippen LogP contribution in [0.15, 0.2) is 24.3 Å². The molecule has 1 atom stereocenters. The van der Waals surface area contributed by atoms with Gasteiger partial charge in [0.1, 0.15) is 13.2 Å². The molecule has 0 aromatic heterocycles. The first-order chi connectivity index (χ1) is 39.0. The number of rotatable bonds is 67. The summed E-state index contributed by atoms with van der Waals surface area (Å²) in [6, 6.07) is 0. The molecule has 79 heavy (non-hydrogen) atoms. The molecule has 0 aromatic rings. The summed E-state index contributed by atoms with van der Waals surface area (Å²) in [5, 5.41) is 0. The third-order valence-corrected chi connectivity index (χ3v) is 16.5. The van der Waals surface area contributed by atoms with Crippen molar-refractivity contribution < 1.29 is 28.6 Å². The summed E-state index contributed by atoms with van der Waals surface area (Å²) < 4.78 is 16.8. The zero-order valence-electron chi connectivity index (χ0n) is 53.7. The molecule has 0 aromatic carbocycles. The Hall–Kier alpha value is -2.11. The van der Waals surface area contributed by atoms with E-state index >= 15 is 0 Å². The van der Waals surface area contributed by atoms with Crippen LogP contribution in [0, 0.1) is 0 Å². The number of esters is 3.